The maximum absolute atomic E-state index is 11.3. The Morgan fingerprint density at radius 1 is 1.45 bits per heavy atom. The molecule has 0 bridgehead atoms. The van der Waals surface area contributed by atoms with Crippen molar-refractivity contribution >= 4 is 21.9 Å². The van der Waals surface area contributed by atoms with Crippen molar-refractivity contribution in [3.63, 3.8) is 0 Å². The van der Waals surface area contributed by atoms with Gasteiger partial charge in [0, 0.05) is 0 Å². The van der Waals surface area contributed by atoms with Crippen LogP contribution in [0.3, 0.4) is 0 Å². The molecule has 0 aliphatic carbocycles. The number of alkyl halides is 1. The fourth-order valence-electron chi connectivity index (χ4n) is 2.26. The highest BCUT2D eigenvalue weighted by Gasteiger charge is 2.63. The van der Waals surface area contributed by atoms with Gasteiger partial charge in [-0.05, 0) is 13.8 Å². The van der Waals surface area contributed by atoms with E-state index in [1.165, 1.54) is 13.8 Å². The van der Waals surface area contributed by atoms with Crippen LogP contribution in [0.15, 0.2) is 0 Å². The van der Waals surface area contributed by atoms with E-state index in [1.54, 1.807) is 0 Å². The van der Waals surface area contributed by atoms with E-state index in [1.807, 2.05) is 0 Å². The Kier molecular flexibility index (Phi) is 4.41. The number of ether oxygens (including phenoxy) is 4. The third-order valence-electron chi connectivity index (χ3n) is 3.07. The van der Waals surface area contributed by atoms with Gasteiger partial charge in [0.1, 0.15) is 12.2 Å². The molecule has 2 saturated heterocycles. The van der Waals surface area contributed by atoms with E-state index < -0.39 is 42.1 Å². The molecular formula is C11H17BrO8. The standard InChI is InChI=1S/C11H17BrO8/c1-10(2)19-8(11(16,20-10)9(14)15)7-5(13)4-17-6(3-12)18-7/h5-8,13,16H,3-4H2,1-2H3,(H,14,15)/t5-,6?,7+,8-,11-/m0/s1. The van der Waals surface area contributed by atoms with Crippen molar-refractivity contribution < 1.29 is 39.1 Å². The van der Waals surface area contributed by atoms with Gasteiger partial charge in [0.2, 0.25) is 0 Å². The molecule has 2 fully saturated rings. The number of hydrogen-bond acceptors (Lipinski definition) is 7. The van der Waals surface area contributed by atoms with Gasteiger partial charge < -0.3 is 34.3 Å². The lowest BCUT2D eigenvalue weighted by molar-refractivity contribution is -0.283. The number of aliphatic carboxylic acids is 1. The largest absolute Gasteiger partial charge is 0.477 e. The molecule has 0 saturated carbocycles. The van der Waals surface area contributed by atoms with Crippen molar-refractivity contribution in [3.05, 3.63) is 0 Å². The first kappa shape index (κ1) is 16.1. The first-order chi connectivity index (χ1) is 9.19. The molecule has 20 heavy (non-hydrogen) atoms. The molecule has 0 aromatic rings. The van der Waals surface area contributed by atoms with Crippen LogP contribution in [0.4, 0.5) is 0 Å². The topological polar surface area (TPSA) is 115 Å². The van der Waals surface area contributed by atoms with Gasteiger partial charge in [-0.2, -0.15) is 0 Å². The van der Waals surface area contributed by atoms with Crippen molar-refractivity contribution in [2.75, 3.05) is 11.9 Å². The minimum atomic E-state index is -2.59. The second-order valence-corrected chi connectivity index (χ2v) is 5.77. The van der Waals surface area contributed by atoms with Gasteiger partial charge in [-0.3, -0.25) is 0 Å². The van der Waals surface area contributed by atoms with Gasteiger partial charge in [-0.25, -0.2) is 4.79 Å². The number of rotatable bonds is 3. The summed E-state index contributed by atoms with van der Waals surface area (Å²) in [5, 5.41) is 29.6. The molecule has 0 aromatic carbocycles. The Labute approximate surface area is 123 Å². The van der Waals surface area contributed by atoms with E-state index in [2.05, 4.69) is 15.9 Å². The highest BCUT2D eigenvalue weighted by Crippen LogP contribution is 2.39. The normalized spacial score (nSPS) is 44.5. The maximum atomic E-state index is 11.3. The monoisotopic (exact) mass is 356 g/mol. The zero-order chi connectivity index (χ0) is 15.1. The van der Waals surface area contributed by atoms with Crippen molar-refractivity contribution in [2.24, 2.45) is 0 Å². The first-order valence-electron chi connectivity index (χ1n) is 6.04. The smallest absolute Gasteiger partial charge is 0.367 e. The number of hydrogen-bond donors (Lipinski definition) is 3. The molecule has 0 amide bonds. The molecule has 0 radical (unpaired) electrons. The number of aliphatic hydroxyl groups is 2. The molecule has 1 unspecified atom stereocenters. The second-order valence-electron chi connectivity index (χ2n) is 5.13. The Morgan fingerprint density at radius 2 is 2.10 bits per heavy atom. The number of carboxylic acid groups (broad SMARTS) is 1. The van der Waals surface area contributed by atoms with E-state index in [9.17, 15) is 20.1 Å². The number of halogens is 1. The predicted octanol–water partition coefficient (Wildman–Crippen LogP) is -0.592. The molecule has 2 heterocycles. The molecule has 5 atom stereocenters. The highest BCUT2D eigenvalue weighted by atomic mass is 79.9. The number of aliphatic hydroxyl groups excluding tert-OH is 1. The molecule has 2 aliphatic rings. The summed E-state index contributed by atoms with van der Waals surface area (Å²) in [6.07, 6.45) is -4.28. The highest BCUT2D eigenvalue weighted by molar-refractivity contribution is 9.09. The molecule has 116 valence electrons. The molecular weight excluding hydrogens is 340 g/mol. The van der Waals surface area contributed by atoms with Crippen LogP contribution < -0.4 is 0 Å². The average molecular weight is 357 g/mol. The third kappa shape index (κ3) is 2.84. The summed E-state index contributed by atoms with van der Waals surface area (Å²) in [5.74, 6) is -5.52. The lowest BCUT2D eigenvalue weighted by Crippen LogP contribution is -2.60. The SMILES string of the molecule is CC1(C)O[C@@H]([C@@H]2OC(CBr)OC[C@@H]2O)[C@@](O)(C(=O)O)O1. The summed E-state index contributed by atoms with van der Waals surface area (Å²) in [6, 6.07) is 0. The van der Waals surface area contributed by atoms with Crippen molar-refractivity contribution in [3.8, 4) is 0 Å². The second kappa shape index (κ2) is 5.48. The van der Waals surface area contributed by atoms with Crippen LogP contribution in [-0.4, -0.2) is 69.4 Å². The van der Waals surface area contributed by atoms with E-state index in [0.717, 1.165) is 0 Å². The van der Waals surface area contributed by atoms with Gasteiger partial charge in [-0.1, -0.05) is 15.9 Å². The van der Waals surface area contributed by atoms with Gasteiger partial charge in [0.25, 0.3) is 5.79 Å². The predicted molar refractivity (Wildman–Crippen MR) is 67.0 cm³/mol. The van der Waals surface area contributed by atoms with Crippen molar-refractivity contribution in [2.45, 2.75) is 50.0 Å². The van der Waals surface area contributed by atoms with Crippen molar-refractivity contribution in [1.82, 2.24) is 0 Å². The molecule has 0 aromatic heterocycles. The quantitative estimate of drug-likeness (QED) is 0.574. The zero-order valence-electron chi connectivity index (χ0n) is 11.0. The fraction of sp³-hybridized carbons (Fsp3) is 0.909. The maximum Gasteiger partial charge on any atom is 0.367 e. The van der Waals surface area contributed by atoms with Crippen LogP contribution in [0, 0.1) is 0 Å². The molecule has 3 N–H and O–H groups in total. The van der Waals surface area contributed by atoms with E-state index in [4.69, 9.17) is 18.9 Å². The minimum Gasteiger partial charge on any atom is -0.477 e. The molecule has 0 spiro atoms. The summed E-state index contributed by atoms with van der Waals surface area (Å²) in [5.41, 5.74) is 0. The van der Waals surface area contributed by atoms with E-state index in [-0.39, 0.29) is 6.61 Å². The summed E-state index contributed by atoms with van der Waals surface area (Å²) >= 11 is 3.16. The first-order valence-corrected chi connectivity index (χ1v) is 7.16. The van der Waals surface area contributed by atoms with Crippen LogP contribution in [0.2, 0.25) is 0 Å². The Morgan fingerprint density at radius 3 is 2.65 bits per heavy atom. The average Bonchev–Trinajstić information content (AvgIpc) is 2.61. The summed E-state index contributed by atoms with van der Waals surface area (Å²) in [4.78, 5) is 11.3. The van der Waals surface area contributed by atoms with Crippen LogP contribution in [0.25, 0.3) is 0 Å². The summed E-state index contributed by atoms with van der Waals surface area (Å²) in [7, 11) is 0. The van der Waals surface area contributed by atoms with Crippen LogP contribution in [-0.2, 0) is 23.7 Å². The molecule has 2 aliphatic heterocycles. The van der Waals surface area contributed by atoms with Crippen LogP contribution in [0.5, 0.6) is 0 Å². The zero-order valence-corrected chi connectivity index (χ0v) is 12.6. The van der Waals surface area contributed by atoms with Crippen LogP contribution >= 0.6 is 15.9 Å². The Hall–Kier alpha value is -0.290. The minimum absolute atomic E-state index is 0.0586. The molecule has 8 nitrogen and oxygen atoms in total. The third-order valence-corrected chi connectivity index (χ3v) is 3.60. The Bertz CT molecular complexity index is 389. The molecule has 2 rings (SSSR count). The summed E-state index contributed by atoms with van der Waals surface area (Å²) < 4.78 is 21.1. The van der Waals surface area contributed by atoms with E-state index >= 15 is 0 Å². The van der Waals surface area contributed by atoms with Gasteiger partial charge in [0.05, 0.1) is 11.9 Å². The van der Waals surface area contributed by atoms with E-state index in [0.29, 0.717) is 5.33 Å². The fourth-order valence-corrected chi connectivity index (χ4v) is 2.60. The number of carboxylic acids is 1. The number of carbonyl (C=O) groups is 1. The Balaban J connectivity index is 2.26. The van der Waals surface area contributed by atoms with Gasteiger partial charge >= 0.3 is 5.97 Å². The summed E-state index contributed by atoms with van der Waals surface area (Å²) in [6.45, 7) is 2.88. The lowest BCUT2D eigenvalue weighted by Gasteiger charge is -2.38. The van der Waals surface area contributed by atoms with Crippen molar-refractivity contribution in [1.29, 1.82) is 0 Å². The van der Waals surface area contributed by atoms with Gasteiger partial charge in [0.15, 0.2) is 18.2 Å². The molecule has 9 heteroatoms. The lowest BCUT2D eigenvalue weighted by atomic mass is 9.99. The van der Waals surface area contributed by atoms with Crippen LogP contribution in [0.1, 0.15) is 13.8 Å². The van der Waals surface area contributed by atoms with Gasteiger partial charge in [-0.15, -0.1) is 0 Å².